The van der Waals surface area contributed by atoms with Gasteiger partial charge >= 0.3 is 12.0 Å². The Labute approximate surface area is 222 Å². The number of aromatic nitrogens is 2. The molecule has 0 unspecified atom stereocenters. The van der Waals surface area contributed by atoms with Crippen molar-refractivity contribution in [3.8, 4) is 34.2 Å². The highest BCUT2D eigenvalue weighted by Gasteiger charge is 2.26. The van der Waals surface area contributed by atoms with Crippen LogP contribution in [0.3, 0.4) is 0 Å². The smallest absolute Gasteiger partial charge is 0.407 e. The molecule has 202 valence electrons. The van der Waals surface area contributed by atoms with Gasteiger partial charge < -0.3 is 28.8 Å². The van der Waals surface area contributed by atoms with Gasteiger partial charge in [-0.25, -0.2) is 14.8 Å². The zero-order valence-corrected chi connectivity index (χ0v) is 22.3. The van der Waals surface area contributed by atoms with E-state index in [0.29, 0.717) is 41.7 Å². The lowest BCUT2D eigenvalue weighted by Crippen LogP contribution is -2.41. The summed E-state index contributed by atoms with van der Waals surface area (Å²) in [4.78, 5) is 35.5. The van der Waals surface area contributed by atoms with Crippen molar-refractivity contribution >= 4 is 12.0 Å². The summed E-state index contributed by atoms with van der Waals surface area (Å²) in [6.07, 6.45) is 4.22. The van der Waals surface area contributed by atoms with Gasteiger partial charge in [0, 0.05) is 42.0 Å². The zero-order valence-electron chi connectivity index (χ0n) is 22.3. The Morgan fingerprint density at radius 2 is 1.71 bits per heavy atom. The van der Waals surface area contributed by atoms with Gasteiger partial charge in [0.15, 0.2) is 5.76 Å². The van der Waals surface area contributed by atoms with Crippen LogP contribution < -0.4 is 14.8 Å². The van der Waals surface area contributed by atoms with E-state index < -0.39 is 6.09 Å². The van der Waals surface area contributed by atoms with Gasteiger partial charge in [-0.05, 0) is 70.4 Å². The highest BCUT2D eigenvalue weighted by Crippen LogP contribution is 2.34. The molecule has 3 heterocycles. The average molecular weight is 523 g/mol. The maximum atomic E-state index is 13.1. The second-order valence-electron chi connectivity index (χ2n) is 10.0. The Morgan fingerprint density at radius 3 is 2.34 bits per heavy atom. The summed E-state index contributed by atoms with van der Waals surface area (Å²) in [5, 5.41) is 2.73. The number of likely N-dealkylation sites (tertiary alicyclic amines) is 1. The van der Waals surface area contributed by atoms with E-state index in [1.807, 2.05) is 39.0 Å². The molecule has 2 amide bonds. The molecule has 1 fully saturated rings. The van der Waals surface area contributed by atoms with E-state index in [2.05, 4.69) is 15.3 Å². The van der Waals surface area contributed by atoms with Gasteiger partial charge in [-0.1, -0.05) is 0 Å². The van der Waals surface area contributed by atoms with Crippen molar-refractivity contribution in [2.24, 2.45) is 0 Å². The van der Waals surface area contributed by atoms with Crippen LogP contribution in [0, 0.1) is 0 Å². The number of ether oxygens (including phenoxy) is 3. The molecule has 0 atom stereocenters. The number of alkyl carbamates (subject to hydrolysis) is 1. The van der Waals surface area contributed by atoms with Crippen molar-refractivity contribution in [2.75, 3.05) is 33.4 Å². The third kappa shape index (κ3) is 7.02. The molecule has 0 saturated carbocycles. The van der Waals surface area contributed by atoms with E-state index in [9.17, 15) is 9.59 Å². The number of carbonyl (C=O) groups excluding carboxylic acids is 2. The number of methoxy groups -OCH3 is 1. The Bertz CT molecular complexity index is 1230. The second kappa shape index (κ2) is 12.0. The van der Waals surface area contributed by atoms with E-state index >= 15 is 0 Å². The fourth-order valence-corrected chi connectivity index (χ4v) is 4.01. The van der Waals surface area contributed by atoms with E-state index in [0.717, 1.165) is 24.8 Å². The Balaban J connectivity index is 1.49. The van der Waals surface area contributed by atoms with E-state index in [-0.39, 0.29) is 30.6 Å². The summed E-state index contributed by atoms with van der Waals surface area (Å²) in [5.41, 5.74) is 1.59. The number of nitrogens with zero attached hydrogens (tertiary/aromatic N) is 3. The van der Waals surface area contributed by atoms with Crippen LogP contribution in [0.1, 0.15) is 50.7 Å². The second-order valence-corrected chi connectivity index (χ2v) is 10.0. The molecule has 1 aliphatic heterocycles. The van der Waals surface area contributed by atoms with Crippen molar-refractivity contribution < 1.29 is 28.2 Å². The maximum Gasteiger partial charge on any atom is 0.407 e. The lowest BCUT2D eigenvalue weighted by Gasteiger charge is -2.25. The first kappa shape index (κ1) is 27.0. The molecule has 38 heavy (non-hydrogen) atoms. The van der Waals surface area contributed by atoms with Crippen LogP contribution >= 0.6 is 0 Å². The van der Waals surface area contributed by atoms with Gasteiger partial charge in [-0.2, -0.15) is 0 Å². The SMILES string of the molecule is COc1ccc(-c2nc(C(=O)N3CCCCC3)oc2-c2ccc(OCCOC(=O)NC(C)(C)C)cc2)cn1. The molecular weight excluding hydrogens is 488 g/mol. The van der Waals surface area contributed by atoms with E-state index in [4.69, 9.17) is 18.6 Å². The summed E-state index contributed by atoms with van der Waals surface area (Å²) in [6, 6.07) is 10.8. The number of benzene rings is 1. The summed E-state index contributed by atoms with van der Waals surface area (Å²) < 4.78 is 22.1. The molecule has 1 N–H and O–H groups in total. The molecule has 1 aliphatic rings. The molecule has 1 saturated heterocycles. The summed E-state index contributed by atoms with van der Waals surface area (Å²) in [7, 11) is 1.55. The molecule has 10 heteroatoms. The van der Waals surface area contributed by atoms with E-state index in [1.165, 1.54) is 0 Å². The normalized spacial score (nSPS) is 13.6. The van der Waals surface area contributed by atoms with Crippen LogP contribution in [-0.2, 0) is 4.74 Å². The topological polar surface area (TPSA) is 116 Å². The van der Waals surface area contributed by atoms with Gasteiger partial charge in [0.1, 0.15) is 24.7 Å². The van der Waals surface area contributed by atoms with Gasteiger partial charge in [-0.15, -0.1) is 0 Å². The predicted molar refractivity (Wildman–Crippen MR) is 141 cm³/mol. The van der Waals surface area contributed by atoms with Gasteiger partial charge in [0.25, 0.3) is 5.89 Å². The standard InChI is InChI=1S/C28H34N4O6/c1-28(2,3)31-27(34)37-17-16-36-21-11-8-19(9-12-21)24-23(20-10-13-22(35-4)29-18-20)30-25(38-24)26(33)32-14-6-5-7-15-32/h8-13,18H,5-7,14-17H2,1-4H3,(H,31,34). The number of amides is 2. The molecule has 10 nitrogen and oxygen atoms in total. The minimum Gasteiger partial charge on any atom is -0.490 e. The van der Waals surface area contributed by atoms with Crippen LogP contribution in [0.25, 0.3) is 22.6 Å². The fraction of sp³-hybridized carbons (Fsp3) is 0.429. The van der Waals surface area contributed by atoms with Crippen molar-refractivity contribution in [1.29, 1.82) is 0 Å². The maximum absolute atomic E-state index is 13.1. The Morgan fingerprint density at radius 1 is 1.00 bits per heavy atom. The molecule has 0 radical (unpaired) electrons. The van der Waals surface area contributed by atoms with Crippen LogP contribution in [-0.4, -0.2) is 65.8 Å². The largest absolute Gasteiger partial charge is 0.490 e. The Hall–Kier alpha value is -4.08. The minimum atomic E-state index is -0.489. The number of carbonyl (C=O) groups is 2. The summed E-state index contributed by atoms with van der Waals surface area (Å²) >= 11 is 0. The van der Waals surface area contributed by atoms with Crippen molar-refractivity contribution in [3.63, 3.8) is 0 Å². The average Bonchev–Trinajstić information content (AvgIpc) is 3.36. The molecular formula is C28H34N4O6. The monoisotopic (exact) mass is 522 g/mol. The fourth-order valence-electron chi connectivity index (χ4n) is 4.01. The van der Waals surface area contributed by atoms with Crippen molar-refractivity contribution in [3.05, 3.63) is 48.5 Å². The molecule has 4 rings (SSSR count). The molecule has 3 aromatic rings. The third-order valence-electron chi connectivity index (χ3n) is 5.85. The lowest BCUT2D eigenvalue weighted by molar-refractivity contribution is 0.0685. The van der Waals surface area contributed by atoms with Crippen LogP contribution in [0.5, 0.6) is 11.6 Å². The summed E-state index contributed by atoms with van der Waals surface area (Å²) in [6.45, 7) is 7.35. The van der Waals surface area contributed by atoms with Crippen LogP contribution in [0.4, 0.5) is 4.79 Å². The minimum absolute atomic E-state index is 0.0544. The first-order valence-corrected chi connectivity index (χ1v) is 12.7. The van der Waals surface area contributed by atoms with Crippen LogP contribution in [0.15, 0.2) is 47.0 Å². The first-order valence-electron chi connectivity index (χ1n) is 12.7. The van der Waals surface area contributed by atoms with Crippen molar-refractivity contribution in [1.82, 2.24) is 20.2 Å². The highest BCUT2D eigenvalue weighted by molar-refractivity contribution is 5.92. The Kier molecular flexibility index (Phi) is 8.50. The molecule has 2 aromatic heterocycles. The van der Waals surface area contributed by atoms with Crippen LogP contribution in [0.2, 0.25) is 0 Å². The molecule has 0 spiro atoms. The van der Waals surface area contributed by atoms with Gasteiger partial charge in [0.2, 0.25) is 5.88 Å². The molecule has 0 aliphatic carbocycles. The highest BCUT2D eigenvalue weighted by atomic mass is 16.6. The zero-order chi connectivity index (χ0) is 27.1. The van der Waals surface area contributed by atoms with Gasteiger partial charge in [0.05, 0.1) is 7.11 Å². The molecule has 0 bridgehead atoms. The van der Waals surface area contributed by atoms with E-state index in [1.54, 1.807) is 36.4 Å². The third-order valence-corrected chi connectivity index (χ3v) is 5.85. The predicted octanol–water partition coefficient (Wildman–Crippen LogP) is 4.94. The quantitative estimate of drug-likeness (QED) is 0.414. The van der Waals surface area contributed by atoms with Crippen molar-refractivity contribution in [2.45, 2.75) is 45.6 Å². The lowest BCUT2D eigenvalue weighted by atomic mass is 10.1. The number of pyridine rings is 1. The number of hydrogen-bond acceptors (Lipinski definition) is 8. The number of hydrogen-bond donors (Lipinski definition) is 1. The number of oxazole rings is 1. The molecule has 1 aromatic carbocycles. The number of piperidine rings is 1. The van der Waals surface area contributed by atoms with Gasteiger partial charge in [-0.3, -0.25) is 4.79 Å². The summed E-state index contributed by atoms with van der Waals surface area (Å²) in [5.74, 6) is 1.38. The first-order chi connectivity index (χ1) is 18.2. The number of rotatable bonds is 8. The number of nitrogens with one attached hydrogen (secondary N) is 1.